The van der Waals surface area contributed by atoms with Gasteiger partial charge in [0.05, 0.1) is 10.6 Å². The Morgan fingerprint density at radius 2 is 1.93 bits per heavy atom. The van der Waals surface area contributed by atoms with Gasteiger partial charge in [-0.1, -0.05) is 18.2 Å². The number of hydrogen-bond donors (Lipinski definition) is 1. The summed E-state index contributed by atoms with van der Waals surface area (Å²) >= 11 is 1.69. The summed E-state index contributed by atoms with van der Waals surface area (Å²) in [5.74, 6) is -0.891. The minimum atomic E-state index is -4.02. The number of anilines is 1. The highest BCUT2D eigenvalue weighted by Gasteiger charge is 2.24. The zero-order valence-corrected chi connectivity index (χ0v) is 16.4. The van der Waals surface area contributed by atoms with Crippen LogP contribution in [0.3, 0.4) is 0 Å². The molecule has 0 radical (unpaired) electrons. The summed E-state index contributed by atoms with van der Waals surface area (Å²) in [7, 11) is -4.02. The number of sulfonamides is 1. The highest BCUT2D eigenvalue weighted by Crippen LogP contribution is 2.26. The molecular weight excluding hydrogens is 399 g/mol. The van der Waals surface area contributed by atoms with Gasteiger partial charge in [0.15, 0.2) is 0 Å². The number of amides is 1. The second-order valence-corrected chi connectivity index (χ2v) is 9.14. The van der Waals surface area contributed by atoms with Gasteiger partial charge in [-0.25, -0.2) is 12.8 Å². The van der Waals surface area contributed by atoms with Crippen LogP contribution in [-0.2, 0) is 23.0 Å². The van der Waals surface area contributed by atoms with Gasteiger partial charge in [0.25, 0.3) is 15.9 Å². The van der Waals surface area contributed by atoms with E-state index in [1.165, 1.54) is 47.3 Å². The molecule has 8 heteroatoms. The van der Waals surface area contributed by atoms with Gasteiger partial charge in [0.2, 0.25) is 0 Å². The Balaban J connectivity index is 1.57. The van der Waals surface area contributed by atoms with E-state index in [1.807, 2.05) is 11.4 Å². The third-order valence-corrected chi connectivity index (χ3v) is 6.99. The van der Waals surface area contributed by atoms with Crippen molar-refractivity contribution in [2.45, 2.75) is 17.9 Å². The van der Waals surface area contributed by atoms with Gasteiger partial charge >= 0.3 is 0 Å². The standard InChI is InChI=1S/C20H17FN2O3S2/c21-17-6-1-2-7-18(17)22-28(25,26)16-5-3-4-14(12-16)20(24)23-10-8-19-15(13-23)9-11-27-19/h1-7,9,11-12,22H,8,10,13H2. The molecule has 3 aromatic rings. The van der Waals surface area contributed by atoms with Crippen molar-refractivity contribution in [2.24, 2.45) is 0 Å². The van der Waals surface area contributed by atoms with Gasteiger partial charge < -0.3 is 4.90 Å². The monoisotopic (exact) mass is 416 g/mol. The van der Waals surface area contributed by atoms with E-state index in [0.29, 0.717) is 13.1 Å². The molecule has 0 spiro atoms. The van der Waals surface area contributed by atoms with Crippen molar-refractivity contribution in [3.63, 3.8) is 0 Å². The molecule has 28 heavy (non-hydrogen) atoms. The molecule has 2 aromatic carbocycles. The lowest BCUT2D eigenvalue weighted by Gasteiger charge is -2.27. The van der Waals surface area contributed by atoms with Gasteiger partial charge in [0.1, 0.15) is 5.82 Å². The van der Waals surface area contributed by atoms with E-state index in [0.717, 1.165) is 12.0 Å². The van der Waals surface area contributed by atoms with Crippen LogP contribution >= 0.6 is 11.3 Å². The predicted molar refractivity (Wildman–Crippen MR) is 106 cm³/mol. The number of nitrogens with zero attached hydrogens (tertiary/aromatic N) is 1. The summed E-state index contributed by atoms with van der Waals surface area (Å²) < 4.78 is 41.3. The van der Waals surface area contributed by atoms with E-state index >= 15 is 0 Å². The van der Waals surface area contributed by atoms with Gasteiger partial charge in [-0.05, 0) is 53.8 Å². The van der Waals surface area contributed by atoms with E-state index in [9.17, 15) is 17.6 Å². The van der Waals surface area contributed by atoms with Crippen LogP contribution in [0.15, 0.2) is 64.9 Å². The highest BCUT2D eigenvalue weighted by atomic mass is 32.2. The van der Waals surface area contributed by atoms with Crippen LogP contribution in [0.25, 0.3) is 0 Å². The van der Waals surface area contributed by atoms with Gasteiger partial charge in [-0.3, -0.25) is 9.52 Å². The summed E-state index contributed by atoms with van der Waals surface area (Å²) in [5.41, 5.74) is 1.28. The number of para-hydroxylation sites is 1. The maximum Gasteiger partial charge on any atom is 0.262 e. The van der Waals surface area contributed by atoms with Crippen molar-refractivity contribution in [3.8, 4) is 0 Å². The van der Waals surface area contributed by atoms with E-state index < -0.39 is 15.8 Å². The van der Waals surface area contributed by atoms with Crippen LogP contribution < -0.4 is 4.72 Å². The lowest BCUT2D eigenvalue weighted by molar-refractivity contribution is 0.0735. The Hall–Kier alpha value is -2.71. The second kappa shape index (κ2) is 7.37. The Bertz CT molecular complexity index is 1140. The molecule has 2 heterocycles. The first kappa shape index (κ1) is 18.6. The van der Waals surface area contributed by atoms with E-state index in [2.05, 4.69) is 4.72 Å². The molecule has 4 rings (SSSR count). The van der Waals surface area contributed by atoms with Crippen molar-refractivity contribution in [2.75, 3.05) is 11.3 Å². The van der Waals surface area contributed by atoms with E-state index in [-0.39, 0.29) is 22.1 Å². The molecule has 0 aliphatic carbocycles. The number of hydrogen-bond acceptors (Lipinski definition) is 4. The average Bonchev–Trinajstić information content (AvgIpc) is 3.17. The predicted octanol–water partition coefficient (Wildman–Crippen LogP) is 3.89. The Labute approximate surface area is 166 Å². The molecule has 1 N–H and O–H groups in total. The third kappa shape index (κ3) is 3.65. The minimum Gasteiger partial charge on any atom is -0.334 e. The van der Waals surface area contributed by atoms with E-state index in [4.69, 9.17) is 0 Å². The third-order valence-electron chi connectivity index (χ3n) is 4.60. The van der Waals surface area contributed by atoms with Crippen LogP contribution in [-0.4, -0.2) is 25.8 Å². The number of rotatable bonds is 4. The van der Waals surface area contributed by atoms with E-state index in [1.54, 1.807) is 22.3 Å². The smallest absolute Gasteiger partial charge is 0.262 e. The molecule has 0 bridgehead atoms. The normalized spacial score (nSPS) is 13.8. The van der Waals surface area contributed by atoms with Crippen LogP contribution in [0.1, 0.15) is 20.8 Å². The first-order chi connectivity index (χ1) is 13.4. The van der Waals surface area contributed by atoms with Crippen LogP contribution in [0.4, 0.5) is 10.1 Å². The molecule has 0 saturated heterocycles. The number of benzene rings is 2. The fraction of sp³-hybridized carbons (Fsp3) is 0.150. The maximum atomic E-state index is 13.8. The Kier molecular flexibility index (Phi) is 4.91. The summed E-state index contributed by atoms with van der Waals surface area (Å²) in [4.78, 5) is 15.8. The second-order valence-electron chi connectivity index (χ2n) is 6.46. The lowest BCUT2D eigenvalue weighted by atomic mass is 10.1. The number of fused-ring (bicyclic) bond motifs is 1. The topological polar surface area (TPSA) is 66.5 Å². The SMILES string of the molecule is O=C(c1cccc(S(=O)(=O)Nc2ccccc2F)c1)N1CCc2sccc2C1. The molecule has 0 saturated carbocycles. The number of thiophene rings is 1. The zero-order chi connectivity index (χ0) is 19.7. The molecule has 1 aliphatic heterocycles. The van der Waals surface area contributed by atoms with Crippen LogP contribution in [0, 0.1) is 5.82 Å². The number of carbonyl (C=O) groups excluding carboxylic acids is 1. The number of carbonyl (C=O) groups is 1. The molecule has 0 fully saturated rings. The molecule has 0 unspecified atom stereocenters. The Morgan fingerprint density at radius 3 is 2.75 bits per heavy atom. The fourth-order valence-electron chi connectivity index (χ4n) is 3.15. The number of nitrogens with one attached hydrogen (secondary N) is 1. The first-order valence-corrected chi connectivity index (χ1v) is 11.0. The van der Waals surface area contributed by atoms with Gasteiger partial charge in [-0.2, -0.15) is 0 Å². The summed E-state index contributed by atoms with van der Waals surface area (Å²) in [6, 6.07) is 13.4. The summed E-state index contributed by atoms with van der Waals surface area (Å²) in [5, 5.41) is 2.01. The average molecular weight is 416 g/mol. The molecule has 0 atom stereocenters. The van der Waals surface area contributed by atoms with Crippen molar-refractivity contribution < 1.29 is 17.6 Å². The van der Waals surface area contributed by atoms with Crippen LogP contribution in [0.2, 0.25) is 0 Å². The van der Waals surface area contributed by atoms with Gasteiger partial charge in [0, 0.05) is 23.5 Å². The Morgan fingerprint density at radius 1 is 1.11 bits per heavy atom. The zero-order valence-electron chi connectivity index (χ0n) is 14.8. The quantitative estimate of drug-likeness (QED) is 0.702. The van der Waals surface area contributed by atoms with Crippen molar-refractivity contribution in [3.05, 3.63) is 81.8 Å². The fourth-order valence-corrected chi connectivity index (χ4v) is 5.15. The first-order valence-electron chi connectivity index (χ1n) is 8.66. The summed E-state index contributed by atoms with van der Waals surface area (Å²) in [6.45, 7) is 1.11. The van der Waals surface area contributed by atoms with Crippen molar-refractivity contribution >= 4 is 33.0 Å². The minimum absolute atomic E-state index is 0.0881. The molecule has 1 amide bonds. The molecular formula is C20H17FN2O3S2. The van der Waals surface area contributed by atoms with Crippen molar-refractivity contribution in [1.29, 1.82) is 0 Å². The van der Waals surface area contributed by atoms with Gasteiger partial charge in [-0.15, -0.1) is 11.3 Å². The molecule has 1 aromatic heterocycles. The highest BCUT2D eigenvalue weighted by molar-refractivity contribution is 7.92. The lowest BCUT2D eigenvalue weighted by Crippen LogP contribution is -2.35. The van der Waals surface area contributed by atoms with Crippen LogP contribution in [0.5, 0.6) is 0 Å². The largest absolute Gasteiger partial charge is 0.334 e. The molecule has 144 valence electrons. The summed E-state index contributed by atoms with van der Waals surface area (Å²) in [6.07, 6.45) is 0.797. The van der Waals surface area contributed by atoms with Crippen molar-refractivity contribution in [1.82, 2.24) is 4.90 Å². The molecule has 1 aliphatic rings. The number of halogens is 1. The molecule has 5 nitrogen and oxygen atoms in total. The maximum absolute atomic E-state index is 13.8.